The number of nitriles is 1. The summed E-state index contributed by atoms with van der Waals surface area (Å²) in [6, 6.07) is 9.19. The number of unbranched alkanes of at least 4 members (excludes halogenated alkanes) is 1. The molecular weight excluding hydrogens is 354 g/mol. The highest BCUT2D eigenvalue weighted by molar-refractivity contribution is 5.74. The summed E-state index contributed by atoms with van der Waals surface area (Å²) >= 11 is 0. The van der Waals surface area contributed by atoms with Crippen molar-refractivity contribution >= 4 is 6.03 Å². The van der Waals surface area contributed by atoms with Gasteiger partial charge in [0.1, 0.15) is 12.4 Å². The predicted octanol–water partition coefficient (Wildman–Crippen LogP) is 1.64. The first-order valence-electron chi connectivity index (χ1n) is 10.2. The van der Waals surface area contributed by atoms with Gasteiger partial charge in [0.05, 0.1) is 17.7 Å². The Hall–Kier alpha value is -2.30. The van der Waals surface area contributed by atoms with Crippen molar-refractivity contribution in [3.05, 3.63) is 29.8 Å². The van der Waals surface area contributed by atoms with E-state index in [-0.39, 0.29) is 12.1 Å². The first-order valence-corrected chi connectivity index (χ1v) is 10.2. The molecule has 3 N–H and O–H groups in total. The molecule has 3 atom stereocenters. The molecule has 28 heavy (non-hydrogen) atoms. The lowest BCUT2D eigenvalue weighted by molar-refractivity contribution is 0.194. The minimum absolute atomic E-state index is 0.0667. The van der Waals surface area contributed by atoms with E-state index in [2.05, 4.69) is 23.2 Å². The topological polar surface area (TPSA) is 94.6 Å². The predicted molar refractivity (Wildman–Crippen MR) is 108 cm³/mol. The quantitative estimate of drug-likeness (QED) is 0.664. The van der Waals surface area contributed by atoms with Crippen LogP contribution in [0.2, 0.25) is 0 Å². The third-order valence-electron chi connectivity index (χ3n) is 5.60. The van der Waals surface area contributed by atoms with Crippen LogP contribution >= 0.6 is 0 Å². The van der Waals surface area contributed by atoms with Gasteiger partial charge in [0, 0.05) is 39.3 Å². The van der Waals surface area contributed by atoms with Crippen LogP contribution in [0.15, 0.2) is 24.3 Å². The van der Waals surface area contributed by atoms with Gasteiger partial charge in [-0.15, -0.1) is 0 Å². The van der Waals surface area contributed by atoms with Crippen molar-refractivity contribution in [3.8, 4) is 11.8 Å². The summed E-state index contributed by atoms with van der Waals surface area (Å²) in [7, 11) is 0. The lowest BCUT2D eigenvalue weighted by Gasteiger charge is -2.24. The molecular formula is C21H31N5O2. The van der Waals surface area contributed by atoms with E-state index in [0.29, 0.717) is 24.0 Å². The average Bonchev–Trinajstić information content (AvgIpc) is 3.25. The highest BCUT2D eigenvalue weighted by Crippen LogP contribution is 2.31. The second-order valence-corrected chi connectivity index (χ2v) is 7.94. The minimum atomic E-state index is -0.0667. The molecule has 0 spiro atoms. The van der Waals surface area contributed by atoms with Gasteiger partial charge in [-0.2, -0.15) is 5.26 Å². The van der Waals surface area contributed by atoms with Gasteiger partial charge in [-0.1, -0.05) is 13.3 Å². The fourth-order valence-electron chi connectivity index (χ4n) is 4.10. The highest BCUT2D eigenvalue weighted by atomic mass is 16.5. The molecule has 2 aliphatic rings. The lowest BCUT2D eigenvalue weighted by Crippen LogP contribution is -2.43. The molecule has 7 heteroatoms. The molecule has 152 valence electrons. The van der Waals surface area contributed by atoms with Gasteiger partial charge in [-0.25, -0.2) is 4.79 Å². The number of hydrogen-bond donors (Lipinski definition) is 2. The van der Waals surface area contributed by atoms with E-state index < -0.39 is 0 Å². The standard InChI is InChI=1S/C21H31N5O2/c1-2-3-8-24-21(27)26-12-17-10-25(11-18(17)13-26)14-19(23)15-28-20-6-4-16(9-22)5-7-20/h4-7,17-19H,2-3,8,10-15,23H2,1H3,(H,24,27)/t17?,18?,19-/m0/s1. The number of nitrogens with two attached hydrogens (primary N) is 1. The number of nitrogens with one attached hydrogen (secondary N) is 1. The SMILES string of the molecule is CCCCNC(=O)N1CC2CN(C[C@H](N)COc3ccc(C#N)cc3)CC2C1. The van der Waals surface area contributed by atoms with Crippen LogP contribution in [-0.4, -0.2) is 67.7 Å². The number of urea groups is 1. The number of benzene rings is 1. The van der Waals surface area contributed by atoms with Crippen molar-refractivity contribution < 1.29 is 9.53 Å². The van der Waals surface area contributed by atoms with Crippen molar-refractivity contribution in [2.45, 2.75) is 25.8 Å². The molecule has 2 unspecified atom stereocenters. The molecule has 7 nitrogen and oxygen atoms in total. The number of carbonyl (C=O) groups is 1. The number of rotatable bonds is 8. The van der Waals surface area contributed by atoms with Gasteiger partial charge < -0.3 is 25.6 Å². The average molecular weight is 386 g/mol. The molecule has 0 aliphatic carbocycles. The Kier molecular flexibility index (Phi) is 7.12. The van der Waals surface area contributed by atoms with Crippen LogP contribution in [0.25, 0.3) is 0 Å². The van der Waals surface area contributed by atoms with Gasteiger partial charge in [0.2, 0.25) is 0 Å². The van der Waals surface area contributed by atoms with E-state index in [1.54, 1.807) is 24.3 Å². The molecule has 2 saturated heterocycles. The van der Waals surface area contributed by atoms with E-state index in [1.807, 2.05) is 4.90 Å². The smallest absolute Gasteiger partial charge is 0.317 e. The molecule has 1 aromatic rings. The Morgan fingerprint density at radius 2 is 1.96 bits per heavy atom. The minimum Gasteiger partial charge on any atom is -0.492 e. The molecule has 2 fully saturated rings. The van der Waals surface area contributed by atoms with Crippen molar-refractivity contribution in [2.24, 2.45) is 17.6 Å². The molecule has 2 aliphatic heterocycles. The zero-order valence-electron chi connectivity index (χ0n) is 16.6. The highest BCUT2D eigenvalue weighted by Gasteiger charge is 2.41. The Labute approximate surface area is 167 Å². The summed E-state index contributed by atoms with van der Waals surface area (Å²) in [5.41, 5.74) is 6.88. The number of hydrogen-bond acceptors (Lipinski definition) is 5. The molecule has 0 radical (unpaired) electrons. The maximum absolute atomic E-state index is 12.2. The summed E-state index contributed by atoms with van der Waals surface area (Å²) in [6.07, 6.45) is 2.12. The first kappa shape index (κ1) is 20.4. The largest absolute Gasteiger partial charge is 0.492 e. The molecule has 0 aromatic heterocycles. The number of fused-ring (bicyclic) bond motifs is 1. The van der Waals surface area contributed by atoms with Crippen molar-refractivity contribution in [1.29, 1.82) is 5.26 Å². The maximum Gasteiger partial charge on any atom is 0.317 e. The summed E-state index contributed by atoms with van der Waals surface area (Å²) < 4.78 is 5.74. The fraction of sp³-hybridized carbons (Fsp3) is 0.619. The summed E-state index contributed by atoms with van der Waals surface area (Å²) in [4.78, 5) is 16.6. The van der Waals surface area contributed by atoms with E-state index >= 15 is 0 Å². The normalized spacial score (nSPS) is 22.5. The summed E-state index contributed by atoms with van der Waals surface area (Å²) in [5.74, 6) is 1.82. The molecule has 3 rings (SSSR count). The second kappa shape index (κ2) is 9.76. The maximum atomic E-state index is 12.2. The summed E-state index contributed by atoms with van der Waals surface area (Å²) in [6.45, 7) is 7.81. The van der Waals surface area contributed by atoms with Gasteiger partial charge in [-0.3, -0.25) is 0 Å². The number of carbonyl (C=O) groups excluding carboxylic acids is 1. The van der Waals surface area contributed by atoms with Crippen LogP contribution in [0.1, 0.15) is 25.3 Å². The van der Waals surface area contributed by atoms with Crippen LogP contribution in [-0.2, 0) is 0 Å². The Morgan fingerprint density at radius 3 is 2.57 bits per heavy atom. The monoisotopic (exact) mass is 385 g/mol. The first-order chi connectivity index (χ1) is 13.6. The molecule has 1 aromatic carbocycles. The number of likely N-dealkylation sites (tertiary alicyclic amines) is 2. The van der Waals surface area contributed by atoms with E-state index in [4.69, 9.17) is 15.7 Å². The van der Waals surface area contributed by atoms with Crippen LogP contribution in [0.5, 0.6) is 5.75 Å². The number of amides is 2. The third kappa shape index (κ3) is 5.37. The Bertz CT molecular complexity index is 673. The lowest BCUT2D eigenvalue weighted by atomic mass is 10.0. The zero-order chi connectivity index (χ0) is 19.9. The van der Waals surface area contributed by atoms with Crippen LogP contribution in [0, 0.1) is 23.2 Å². The van der Waals surface area contributed by atoms with Crippen LogP contribution in [0.4, 0.5) is 4.79 Å². The van der Waals surface area contributed by atoms with E-state index in [9.17, 15) is 4.79 Å². The summed E-state index contributed by atoms with van der Waals surface area (Å²) in [5, 5.41) is 11.8. The second-order valence-electron chi connectivity index (χ2n) is 7.94. The molecule has 0 bridgehead atoms. The van der Waals surface area contributed by atoms with Gasteiger partial charge >= 0.3 is 6.03 Å². The van der Waals surface area contributed by atoms with Crippen molar-refractivity contribution in [1.82, 2.24) is 15.1 Å². The fourth-order valence-corrected chi connectivity index (χ4v) is 4.10. The Morgan fingerprint density at radius 1 is 1.29 bits per heavy atom. The zero-order valence-corrected chi connectivity index (χ0v) is 16.6. The van der Waals surface area contributed by atoms with Crippen LogP contribution < -0.4 is 15.8 Å². The van der Waals surface area contributed by atoms with E-state index in [1.165, 1.54) is 0 Å². The molecule has 0 saturated carbocycles. The van der Waals surface area contributed by atoms with E-state index in [0.717, 1.165) is 57.9 Å². The Balaban J connectivity index is 1.36. The molecule has 2 amide bonds. The van der Waals surface area contributed by atoms with Crippen LogP contribution in [0.3, 0.4) is 0 Å². The number of nitrogens with zero attached hydrogens (tertiary/aromatic N) is 3. The van der Waals surface area contributed by atoms with Crippen molar-refractivity contribution in [3.63, 3.8) is 0 Å². The molecule has 2 heterocycles. The number of ether oxygens (including phenoxy) is 1. The van der Waals surface area contributed by atoms with Gasteiger partial charge in [0.25, 0.3) is 0 Å². The van der Waals surface area contributed by atoms with Crippen molar-refractivity contribution in [2.75, 3.05) is 45.9 Å². The third-order valence-corrected chi connectivity index (χ3v) is 5.60. The van der Waals surface area contributed by atoms with Gasteiger partial charge in [-0.05, 0) is 42.5 Å². The van der Waals surface area contributed by atoms with Gasteiger partial charge in [0.15, 0.2) is 0 Å².